The van der Waals surface area contributed by atoms with E-state index in [-0.39, 0.29) is 47.0 Å². The van der Waals surface area contributed by atoms with Crippen LogP contribution < -0.4 is 10.5 Å². The molecule has 8 nitrogen and oxygen atoms in total. The molecule has 0 atom stereocenters. The average Bonchev–Trinajstić information content (AvgIpc) is 3.61. The summed E-state index contributed by atoms with van der Waals surface area (Å²) >= 11 is 6.30. The molecule has 202 valence electrons. The van der Waals surface area contributed by atoms with E-state index in [1.807, 2.05) is 0 Å². The number of alkyl halides is 3. The molecule has 2 aromatic heterocycles. The highest BCUT2D eigenvalue weighted by molar-refractivity contribution is 6.31. The predicted octanol–water partition coefficient (Wildman–Crippen LogP) is 5.93. The molecule has 12 heteroatoms. The number of hydrogen-bond acceptors (Lipinski definition) is 7. The van der Waals surface area contributed by atoms with Crippen molar-refractivity contribution in [1.82, 2.24) is 19.5 Å². The van der Waals surface area contributed by atoms with Crippen molar-refractivity contribution in [3.63, 3.8) is 0 Å². The van der Waals surface area contributed by atoms with Gasteiger partial charge in [0.1, 0.15) is 23.0 Å². The maximum Gasteiger partial charge on any atom is 0.434 e. The first-order valence-corrected chi connectivity index (χ1v) is 12.3. The van der Waals surface area contributed by atoms with Gasteiger partial charge >= 0.3 is 6.18 Å². The minimum absolute atomic E-state index is 0.110. The maximum atomic E-state index is 13.2. The van der Waals surface area contributed by atoms with E-state index in [1.54, 1.807) is 45.2 Å². The number of halogens is 4. The van der Waals surface area contributed by atoms with E-state index in [1.165, 1.54) is 17.9 Å². The van der Waals surface area contributed by atoms with Crippen molar-refractivity contribution < 1.29 is 22.6 Å². The van der Waals surface area contributed by atoms with E-state index in [9.17, 15) is 13.2 Å². The van der Waals surface area contributed by atoms with Crippen LogP contribution in [0.25, 0.3) is 17.0 Å². The molecular weight excluding hydrogens is 521 g/mol. The molecule has 1 aliphatic carbocycles. The normalized spacial score (nSPS) is 15.0. The third-order valence-corrected chi connectivity index (χ3v) is 6.29. The first-order valence-electron chi connectivity index (χ1n) is 11.9. The van der Waals surface area contributed by atoms with Gasteiger partial charge in [-0.15, -0.1) is 0 Å². The molecule has 1 fully saturated rings. The van der Waals surface area contributed by atoms with Crippen molar-refractivity contribution in [2.24, 2.45) is 16.6 Å². The molecule has 4 rings (SSSR count). The zero-order valence-corrected chi connectivity index (χ0v) is 22.1. The molecule has 0 saturated heterocycles. The van der Waals surface area contributed by atoms with E-state index < -0.39 is 11.9 Å². The van der Waals surface area contributed by atoms with Crippen molar-refractivity contribution in [3.05, 3.63) is 64.6 Å². The lowest BCUT2D eigenvalue weighted by atomic mass is 10.1. The Kier molecular flexibility index (Phi) is 7.96. The molecular formula is C26H28ClF3N6O2. The number of allylic oxidation sites excluding steroid dienone is 1. The summed E-state index contributed by atoms with van der Waals surface area (Å²) in [6.07, 6.45) is -0.0775. The Bertz CT molecular complexity index is 1360. The smallest absolute Gasteiger partial charge is 0.434 e. The Hall–Kier alpha value is -3.60. The molecule has 1 aliphatic rings. The van der Waals surface area contributed by atoms with Gasteiger partial charge in [-0.05, 0) is 32.3 Å². The van der Waals surface area contributed by atoms with Gasteiger partial charge in [0, 0.05) is 30.8 Å². The van der Waals surface area contributed by atoms with E-state index in [0.717, 1.165) is 30.3 Å². The summed E-state index contributed by atoms with van der Waals surface area (Å²) in [5, 5.41) is 0.209. The van der Waals surface area contributed by atoms with E-state index in [2.05, 4.69) is 19.9 Å². The fourth-order valence-corrected chi connectivity index (χ4v) is 4.07. The highest BCUT2D eigenvalue weighted by Crippen LogP contribution is 2.37. The van der Waals surface area contributed by atoms with Crippen molar-refractivity contribution in [1.29, 1.82) is 0 Å². The Morgan fingerprint density at radius 2 is 1.89 bits per heavy atom. The highest BCUT2D eigenvalue weighted by Gasteiger charge is 2.35. The number of aromatic nitrogens is 4. The summed E-state index contributed by atoms with van der Waals surface area (Å²) in [6.45, 7) is 3.71. The molecule has 0 spiro atoms. The molecule has 1 saturated carbocycles. The summed E-state index contributed by atoms with van der Waals surface area (Å²) in [4.78, 5) is 17.0. The van der Waals surface area contributed by atoms with E-state index in [0.29, 0.717) is 11.1 Å². The molecule has 2 N–H and O–H groups in total. The van der Waals surface area contributed by atoms with Crippen LogP contribution in [-0.4, -0.2) is 39.4 Å². The van der Waals surface area contributed by atoms with Gasteiger partial charge in [-0.3, -0.25) is 4.99 Å². The third-order valence-electron chi connectivity index (χ3n) is 6.03. The van der Waals surface area contributed by atoms with Gasteiger partial charge < -0.3 is 19.8 Å². The van der Waals surface area contributed by atoms with Crippen LogP contribution in [0.1, 0.15) is 49.8 Å². The monoisotopic (exact) mass is 548 g/mol. The fraction of sp³-hybridized carbons (Fsp3) is 0.385. The van der Waals surface area contributed by atoms with Gasteiger partial charge in [0.15, 0.2) is 17.4 Å². The van der Waals surface area contributed by atoms with Crippen LogP contribution in [0, 0.1) is 5.92 Å². The van der Waals surface area contributed by atoms with Crippen LogP contribution in [0.4, 0.5) is 13.2 Å². The molecule has 38 heavy (non-hydrogen) atoms. The van der Waals surface area contributed by atoms with Gasteiger partial charge in [-0.25, -0.2) is 9.97 Å². The molecule has 0 radical (unpaired) electrons. The van der Waals surface area contributed by atoms with Crippen molar-refractivity contribution >= 4 is 22.9 Å². The average molecular weight is 549 g/mol. The first-order chi connectivity index (χ1) is 18.0. The van der Waals surface area contributed by atoms with Crippen molar-refractivity contribution in [2.75, 3.05) is 14.2 Å². The van der Waals surface area contributed by atoms with Gasteiger partial charge in [-0.1, -0.05) is 35.9 Å². The second kappa shape index (κ2) is 11.0. The number of imidazole rings is 1. The van der Waals surface area contributed by atoms with Gasteiger partial charge in [0.2, 0.25) is 5.88 Å². The number of aliphatic imine (C=N–C) groups is 1. The number of nitrogens with two attached hydrogens (primary N) is 1. The van der Waals surface area contributed by atoms with Crippen LogP contribution in [0.2, 0.25) is 5.02 Å². The number of methoxy groups -OCH3 is 1. The molecule has 3 aromatic rings. The lowest BCUT2D eigenvalue weighted by Gasteiger charge is -2.14. The summed E-state index contributed by atoms with van der Waals surface area (Å²) in [5.74, 6) is 1.09. The van der Waals surface area contributed by atoms with Gasteiger partial charge in [0.05, 0.1) is 19.0 Å². The number of rotatable bonds is 9. The van der Waals surface area contributed by atoms with Crippen LogP contribution >= 0.6 is 11.6 Å². The SMILES string of the molecule is CN=C(C(=C(N)OC)c1ncc(Cl)c(OCc2ccc(-c3nc(C(F)(F)F)cn3C(C)C)cc2)n1)C1CC1. The second-order valence-electron chi connectivity index (χ2n) is 9.11. The zero-order chi connectivity index (χ0) is 27.6. The van der Waals surface area contributed by atoms with Gasteiger partial charge in [0.25, 0.3) is 0 Å². The van der Waals surface area contributed by atoms with Crippen molar-refractivity contribution in [2.45, 2.75) is 45.5 Å². The van der Waals surface area contributed by atoms with Crippen LogP contribution in [0.3, 0.4) is 0 Å². The predicted molar refractivity (Wildman–Crippen MR) is 139 cm³/mol. The molecule has 0 amide bonds. The molecule has 0 aliphatic heterocycles. The Balaban J connectivity index is 1.55. The molecule has 1 aromatic carbocycles. The topological polar surface area (TPSA) is 100 Å². The minimum Gasteiger partial charge on any atom is -0.482 e. The quantitative estimate of drug-likeness (QED) is 0.263. The Morgan fingerprint density at radius 3 is 2.45 bits per heavy atom. The maximum absolute atomic E-state index is 13.2. The largest absolute Gasteiger partial charge is 0.482 e. The standard InChI is InChI=1S/C26H28ClF3N6O2/c1-14(2)36-12-19(26(28,29)30)34-24(36)17-7-5-15(6-8-17)13-38-25-18(27)11-33-23(35-25)20(22(31)37-4)21(32-3)16-9-10-16/h5-8,11-12,14,16H,9-10,13,31H2,1-4H3. The Labute approximate surface area is 223 Å². The third kappa shape index (κ3) is 5.93. The molecule has 2 heterocycles. The van der Waals surface area contributed by atoms with Crippen LogP contribution in [-0.2, 0) is 17.5 Å². The zero-order valence-electron chi connectivity index (χ0n) is 21.4. The fourth-order valence-electron chi connectivity index (χ4n) is 3.92. The second-order valence-corrected chi connectivity index (χ2v) is 9.51. The number of ether oxygens (including phenoxy) is 2. The lowest BCUT2D eigenvalue weighted by Crippen LogP contribution is -2.16. The summed E-state index contributed by atoms with van der Waals surface area (Å²) in [5.41, 5.74) is 7.76. The Morgan fingerprint density at radius 1 is 1.21 bits per heavy atom. The number of nitrogens with zero attached hydrogens (tertiary/aromatic N) is 5. The number of hydrogen-bond donors (Lipinski definition) is 1. The summed E-state index contributed by atoms with van der Waals surface area (Å²) < 4.78 is 52.3. The summed E-state index contributed by atoms with van der Waals surface area (Å²) in [7, 11) is 3.15. The highest BCUT2D eigenvalue weighted by atomic mass is 35.5. The molecule has 0 bridgehead atoms. The van der Waals surface area contributed by atoms with Crippen molar-refractivity contribution in [3.8, 4) is 17.3 Å². The summed E-state index contributed by atoms with van der Waals surface area (Å²) in [6, 6.07) is 6.71. The van der Waals surface area contributed by atoms with Crippen LogP contribution in [0.5, 0.6) is 5.88 Å². The molecule has 0 unspecified atom stereocenters. The minimum atomic E-state index is -4.52. The first kappa shape index (κ1) is 27.4. The number of benzene rings is 1. The lowest BCUT2D eigenvalue weighted by molar-refractivity contribution is -0.140. The van der Waals surface area contributed by atoms with E-state index in [4.69, 9.17) is 26.8 Å². The van der Waals surface area contributed by atoms with Crippen LogP contribution in [0.15, 0.2) is 47.5 Å². The van der Waals surface area contributed by atoms with E-state index >= 15 is 0 Å². The van der Waals surface area contributed by atoms with Gasteiger partial charge in [-0.2, -0.15) is 18.2 Å².